The zero-order chi connectivity index (χ0) is 18.6. The highest BCUT2D eigenvalue weighted by atomic mass is 32.1. The van der Waals surface area contributed by atoms with Gasteiger partial charge in [-0.2, -0.15) is 0 Å². The van der Waals surface area contributed by atoms with E-state index in [4.69, 9.17) is 10.5 Å². The van der Waals surface area contributed by atoms with Crippen LogP contribution in [0.25, 0.3) is 11.3 Å². The third-order valence-corrected chi connectivity index (χ3v) is 5.20. The summed E-state index contributed by atoms with van der Waals surface area (Å²) in [4.78, 5) is 5.54. The van der Waals surface area contributed by atoms with E-state index < -0.39 is 0 Å². The standard InChI is InChI=1S/C23H20N2OS/c1-16-21(25-23(24)27-16)17-12-14-20(15-13-17)26-22(18-8-4-2-5-9-18)19-10-6-3-7-11-19/h2-15,22H,1H3,(H2,24,25). The van der Waals surface area contributed by atoms with Gasteiger partial charge in [-0.25, -0.2) is 4.98 Å². The van der Waals surface area contributed by atoms with Crippen LogP contribution in [0, 0.1) is 6.92 Å². The van der Waals surface area contributed by atoms with Gasteiger partial charge in [0, 0.05) is 10.4 Å². The van der Waals surface area contributed by atoms with Gasteiger partial charge in [0.1, 0.15) is 11.9 Å². The largest absolute Gasteiger partial charge is 0.481 e. The molecule has 0 atom stereocenters. The molecule has 0 radical (unpaired) electrons. The number of anilines is 1. The van der Waals surface area contributed by atoms with E-state index in [1.165, 1.54) is 11.3 Å². The summed E-state index contributed by atoms with van der Waals surface area (Å²) in [5, 5.41) is 0.594. The summed E-state index contributed by atoms with van der Waals surface area (Å²) in [5.41, 5.74) is 10.0. The molecule has 3 nitrogen and oxygen atoms in total. The molecule has 0 saturated heterocycles. The smallest absolute Gasteiger partial charge is 0.180 e. The number of ether oxygens (including phenoxy) is 1. The number of hydrogen-bond acceptors (Lipinski definition) is 4. The van der Waals surface area contributed by atoms with E-state index in [1.807, 2.05) is 67.6 Å². The number of nitrogens with zero attached hydrogens (tertiary/aromatic N) is 1. The first-order chi connectivity index (χ1) is 13.2. The number of rotatable bonds is 5. The van der Waals surface area contributed by atoms with Crippen LogP contribution in [0.1, 0.15) is 22.1 Å². The first-order valence-electron chi connectivity index (χ1n) is 8.80. The van der Waals surface area contributed by atoms with E-state index in [-0.39, 0.29) is 6.10 Å². The number of hydrogen-bond donors (Lipinski definition) is 1. The highest BCUT2D eigenvalue weighted by molar-refractivity contribution is 7.15. The summed E-state index contributed by atoms with van der Waals surface area (Å²) in [7, 11) is 0. The lowest BCUT2D eigenvalue weighted by atomic mass is 10.0. The van der Waals surface area contributed by atoms with Crippen molar-refractivity contribution in [3.8, 4) is 17.0 Å². The molecule has 2 N–H and O–H groups in total. The average molecular weight is 372 g/mol. The molecule has 0 spiro atoms. The van der Waals surface area contributed by atoms with Crippen LogP contribution in [-0.2, 0) is 0 Å². The monoisotopic (exact) mass is 372 g/mol. The molecule has 27 heavy (non-hydrogen) atoms. The fraction of sp³-hybridized carbons (Fsp3) is 0.0870. The van der Waals surface area contributed by atoms with Gasteiger partial charge < -0.3 is 10.5 Å². The maximum Gasteiger partial charge on any atom is 0.180 e. The minimum Gasteiger partial charge on any atom is -0.481 e. The molecular weight excluding hydrogens is 352 g/mol. The van der Waals surface area contributed by atoms with Gasteiger partial charge in [0.25, 0.3) is 0 Å². The zero-order valence-corrected chi connectivity index (χ0v) is 15.8. The molecule has 0 unspecified atom stereocenters. The molecule has 4 heteroatoms. The van der Waals surface area contributed by atoms with E-state index >= 15 is 0 Å². The Kier molecular flexibility index (Phi) is 4.90. The van der Waals surface area contributed by atoms with Gasteiger partial charge in [0.2, 0.25) is 0 Å². The maximum absolute atomic E-state index is 6.37. The molecule has 1 heterocycles. The molecule has 0 saturated carbocycles. The van der Waals surface area contributed by atoms with E-state index in [1.54, 1.807) is 0 Å². The third kappa shape index (κ3) is 3.86. The Morgan fingerprint density at radius 3 is 1.85 bits per heavy atom. The number of nitrogen functional groups attached to an aromatic ring is 1. The fourth-order valence-corrected chi connectivity index (χ4v) is 3.81. The van der Waals surface area contributed by atoms with Gasteiger partial charge in [0.05, 0.1) is 5.69 Å². The lowest BCUT2D eigenvalue weighted by Crippen LogP contribution is -2.09. The number of nitrogens with two attached hydrogens (primary N) is 1. The van der Waals surface area contributed by atoms with Crippen molar-refractivity contribution in [2.45, 2.75) is 13.0 Å². The van der Waals surface area contributed by atoms with Crippen molar-refractivity contribution in [1.29, 1.82) is 0 Å². The Balaban J connectivity index is 1.63. The van der Waals surface area contributed by atoms with Crippen LogP contribution < -0.4 is 10.5 Å². The molecule has 0 aliphatic rings. The second-order valence-corrected chi connectivity index (χ2v) is 7.54. The van der Waals surface area contributed by atoms with Crippen molar-refractivity contribution in [3.63, 3.8) is 0 Å². The Morgan fingerprint density at radius 2 is 1.37 bits per heavy atom. The Morgan fingerprint density at radius 1 is 0.815 bits per heavy atom. The average Bonchev–Trinajstić information content (AvgIpc) is 3.06. The normalized spacial score (nSPS) is 10.9. The number of aromatic nitrogens is 1. The van der Waals surface area contributed by atoms with Crippen molar-refractivity contribution in [2.75, 3.05) is 5.73 Å². The van der Waals surface area contributed by atoms with Crippen molar-refractivity contribution in [1.82, 2.24) is 4.98 Å². The first-order valence-corrected chi connectivity index (χ1v) is 9.62. The predicted molar refractivity (Wildman–Crippen MR) is 112 cm³/mol. The molecule has 0 aliphatic carbocycles. The maximum atomic E-state index is 6.37. The Labute approximate surface area is 163 Å². The second-order valence-electron chi connectivity index (χ2n) is 6.30. The topological polar surface area (TPSA) is 48.1 Å². The quantitative estimate of drug-likeness (QED) is 0.477. The lowest BCUT2D eigenvalue weighted by molar-refractivity contribution is 0.247. The lowest BCUT2D eigenvalue weighted by Gasteiger charge is -2.20. The zero-order valence-electron chi connectivity index (χ0n) is 15.0. The predicted octanol–water partition coefficient (Wildman–Crippen LogP) is 5.87. The van der Waals surface area contributed by atoms with Crippen LogP contribution in [0.15, 0.2) is 84.9 Å². The van der Waals surface area contributed by atoms with E-state index in [9.17, 15) is 0 Å². The second kappa shape index (κ2) is 7.64. The first kappa shape index (κ1) is 17.3. The highest BCUT2D eigenvalue weighted by Crippen LogP contribution is 2.32. The molecule has 4 aromatic rings. The minimum atomic E-state index is -0.157. The SMILES string of the molecule is Cc1sc(N)nc1-c1ccc(OC(c2ccccc2)c2ccccc2)cc1. The van der Waals surface area contributed by atoms with E-state index in [0.717, 1.165) is 33.0 Å². The van der Waals surface area contributed by atoms with Gasteiger partial charge in [-0.05, 0) is 42.3 Å². The summed E-state index contributed by atoms with van der Waals surface area (Å²) in [6.07, 6.45) is -0.157. The molecule has 0 amide bonds. The third-order valence-electron chi connectivity index (χ3n) is 4.40. The van der Waals surface area contributed by atoms with Gasteiger partial charge in [-0.1, -0.05) is 60.7 Å². The van der Waals surface area contributed by atoms with Crippen molar-refractivity contribution < 1.29 is 4.74 Å². The molecule has 3 aromatic carbocycles. The van der Waals surface area contributed by atoms with Gasteiger partial charge in [-0.3, -0.25) is 0 Å². The van der Waals surface area contributed by atoms with E-state index in [0.29, 0.717) is 5.13 Å². The minimum absolute atomic E-state index is 0.157. The molecule has 4 rings (SSSR count). The van der Waals surface area contributed by atoms with E-state index in [2.05, 4.69) is 29.2 Å². The fourth-order valence-electron chi connectivity index (χ4n) is 3.10. The van der Waals surface area contributed by atoms with Crippen LogP contribution in [0.5, 0.6) is 5.75 Å². The van der Waals surface area contributed by atoms with Crippen LogP contribution >= 0.6 is 11.3 Å². The van der Waals surface area contributed by atoms with Crippen molar-refractivity contribution in [2.24, 2.45) is 0 Å². The summed E-state index contributed by atoms with van der Waals surface area (Å²) < 4.78 is 6.37. The number of thiazole rings is 1. The Bertz CT molecular complexity index is 972. The highest BCUT2D eigenvalue weighted by Gasteiger charge is 2.16. The molecule has 134 valence electrons. The molecule has 0 fully saturated rings. The molecule has 1 aromatic heterocycles. The molecule has 0 aliphatic heterocycles. The van der Waals surface area contributed by atoms with Crippen LogP contribution in [0.2, 0.25) is 0 Å². The van der Waals surface area contributed by atoms with Gasteiger partial charge >= 0.3 is 0 Å². The number of benzene rings is 3. The van der Waals surface area contributed by atoms with Crippen LogP contribution in [0.3, 0.4) is 0 Å². The van der Waals surface area contributed by atoms with Gasteiger partial charge in [-0.15, -0.1) is 11.3 Å². The summed E-state index contributed by atoms with van der Waals surface area (Å²) in [6.45, 7) is 2.04. The molecule has 0 bridgehead atoms. The molecular formula is C23H20N2OS. The number of aryl methyl sites for hydroxylation is 1. The summed E-state index contributed by atoms with van der Waals surface area (Å²) >= 11 is 1.51. The summed E-state index contributed by atoms with van der Waals surface area (Å²) in [5.74, 6) is 0.817. The van der Waals surface area contributed by atoms with Gasteiger partial charge in [0.15, 0.2) is 5.13 Å². The van der Waals surface area contributed by atoms with Crippen LogP contribution in [0.4, 0.5) is 5.13 Å². The Hall–Kier alpha value is -3.11. The van der Waals surface area contributed by atoms with Crippen molar-refractivity contribution >= 4 is 16.5 Å². The van der Waals surface area contributed by atoms with Crippen LogP contribution in [-0.4, -0.2) is 4.98 Å². The van der Waals surface area contributed by atoms with Crippen molar-refractivity contribution in [3.05, 3.63) is 101 Å². The summed E-state index contributed by atoms with van der Waals surface area (Å²) in [6, 6.07) is 28.6.